The Hall–Kier alpha value is -2.21. The van der Waals surface area contributed by atoms with Crippen molar-refractivity contribution in [3.8, 4) is 5.75 Å². The maximum Gasteiger partial charge on any atom is 0.272 e. The van der Waals surface area contributed by atoms with Crippen LogP contribution in [0.1, 0.15) is 63.0 Å². The van der Waals surface area contributed by atoms with Gasteiger partial charge in [0.1, 0.15) is 5.75 Å². The first-order valence-electron chi connectivity index (χ1n) is 8.74. The summed E-state index contributed by atoms with van der Waals surface area (Å²) in [6.45, 7) is 12.2. The molecule has 0 saturated heterocycles. The van der Waals surface area contributed by atoms with Crippen LogP contribution in [0, 0.1) is 0 Å². The van der Waals surface area contributed by atoms with Gasteiger partial charge in [-0.25, -0.2) is 5.43 Å². The number of aromatic hydroxyl groups is 1. The maximum absolute atomic E-state index is 12.1. The topological polar surface area (TPSA) is 74.0 Å². The molecule has 0 bridgehead atoms. The first-order chi connectivity index (χ1) is 12.4. The molecule has 1 amide bonds. The lowest BCUT2D eigenvalue weighted by Crippen LogP contribution is -2.17. The zero-order chi connectivity index (χ0) is 20.4. The minimum atomic E-state index is -0.336. The summed E-state index contributed by atoms with van der Waals surface area (Å²) >= 11 is 3.33. The number of carbonyl (C=O) groups is 1. The third kappa shape index (κ3) is 5.39. The predicted octanol–water partition coefficient (Wildman–Crippen LogP) is 6.18. The van der Waals surface area contributed by atoms with Crippen LogP contribution in [0.15, 0.2) is 51.2 Å². The van der Waals surface area contributed by atoms with E-state index in [2.05, 4.69) is 31.7 Å². The highest BCUT2D eigenvalue weighted by molar-refractivity contribution is 9.10. The van der Waals surface area contributed by atoms with Gasteiger partial charge >= 0.3 is 0 Å². The summed E-state index contributed by atoms with van der Waals surface area (Å²) in [6, 6.07) is 10.6. The van der Waals surface area contributed by atoms with Gasteiger partial charge in [-0.05, 0) is 47.2 Å². The molecule has 0 spiro atoms. The summed E-state index contributed by atoms with van der Waals surface area (Å²) in [5.41, 5.74) is 4.60. The van der Waals surface area contributed by atoms with Crippen LogP contribution in [0.2, 0.25) is 0 Å². The second kappa shape index (κ2) is 7.80. The largest absolute Gasteiger partial charge is 0.507 e. The number of carbonyl (C=O) groups excluding carboxylic acids is 1. The lowest BCUT2D eigenvalue weighted by Gasteiger charge is -2.27. The van der Waals surface area contributed by atoms with Crippen LogP contribution >= 0.6 is 15.9 Å². The second-order valence-electron chi connectivity index (χ2n) is 8.54. The fourth-order valence-electron chi connectivity index (χ4n) is 2.61. The van der Waals surface area contributed by atoms with E-state index in [4.69, 9.17) is 0 Å². The van der Waals surface area contributed by atoms with Crippen LogP contribution < -0.4 is 5.43 Å². The molecule has 6 heteroatoms. The van der Waals surface area contributed by atoms with Crippen LogP contribution in [0.3, 0.4) is 0 Å². The normalized spacial score (nSPS) is 12.4. The molecule has 0 aliphatic rings. The number of hydrogen-bond acceptors (Lipinski definition) is 4. The highest BCUT2D eigenvalue weighted by Crippen LogP contribution is 2.41. The molecule has 5 nitrogen and oxygen atoms in total. The third-order valence-electron chi connectivity index (χ3n) is 4.13. The monoisotopic (exact) mass is 431 g/mol. The molecule has 0 saturated carbocycles. The van der Waals surface area contributed by atoms with Crippen molar-refractivity contribution in [2.75, 3.05) is 0 Å². The van der Waals surface area contributed by atoms with Crippen molar-refractivity contribution in [2.45, 2.75) is 52.4 Å². The Morgan fingerprint density at radius 1 is 0.963 bits per heavy atom. The zero-order valence-electron chi connectivity index (χ0n) is 16.6. The minimum absolute atomic E-state index is 0.254. The molecule has 0 aliphatic carbocycles. The van der Waals surface area contributed by atoms with Crippen molar-refractivity contribution in [1.82, 2.24) is 5.43 Å². The Bertz CT molecular complexity index is 825. The Balaban J connectivity index is 2.31. The van der Waals surface area contributed by atoms with Crippen LogP contribution in [0.4, 0.5) is 5.69 Å². The molecular weight excluding hydrogens is 406 g/mol. The molecule has 144 valence electrons. The Morgan fingerprint density at radius 2 is 1.44 bits per heavy atom. The Morgan fingerprint density at radius 3 is 1.89 bits per heavy atom. The Kier molecular flexibility index (Phi) is 6.10. The van der Waals surface area contributed by atoms with E-state index >= 15 is 0 Å². The molecule has 0 unspecified atom stereocenters. The zero-order valence-corrected chi connectivity index (χ0v) is 18.2. The standard InChI is InChI=1S/C21H26BrN3O2/c1-20(2,3)16-11-15(12-17(18(16)26)21(4,5)6)23-25-24-19(27)13-7-9-14(22)10-8-13/h7-12,26H,1-6H3,(H,23,24,27). The first-order valence-corrected chi connectivity index (χ1v) is 9.53. The average molecular weight is 432 g/mol. The number of rotatable bonds is 3. The van der Waals surface area contributed by atoms with Gasteiger partial charge in [-0.2, -0.15) is 0 Å². The van der Waals surface area contributed by atoms with E-state index in [1.54, 1.807) is 36.4 Å². The first kappa shape index (κ1) is 21.1. The molecule has 2 aromatic rings. The SMILES string of the molecule is CC(C)(C)c1cc(N=NNC(=O)c2ccc(Br)cc2)cc(C(C)(C)C)c1O. The summed E-state index contributed by atoms with van der Waals surface area (Å²) in [7, 11) is 0. The molecular formula is C21H26BrN3O2. The number of benzene rings is 2. The summed E-state index contributed by atoms with van der Waals surface area (Å²) in [5.74, 6) is -0.0510. The molecule has 2 aromatic carbocycles. The molecule has 0 aromatic heterocycles. The lowest BCUT2D eigenvalue weighted by atomic mass is 9.79. The van der Waals surface area contributed by atoms with E-state index in [1.807, 2.05) is 41.5 Å². The van der Waals surface area contributed by atoms with Gasteiger partial charge in [0.25, 0.3) is 5.91 Å². The lowest BCUT2D eigenvalue weighted by molar-refractivity contribution is 0.0952. The number of nitrogens with zero attached hydrogens (tertiary/aromatic N) is 2. The van der Waals surface area contributed by atoms with Crippen molar-refractivity contribution in [3.05, 3.63) is 57.6 Å². The van der Waals surface area contributed by atoms with E-state index in [9.17, 15) is 9.90 Å². The van der Waals surface area contributed by atoms with Crippen molar-refractivity contribution in [1.29, 1.82) is 0 Å². The van der Waals surface area contributed by atoms with Crippen LogP contribution in [0.25, 0.3) is 0 Å². The second-order valence-corrected chi connectivity index (χ2v) is 9.45. The van der Waals surface area contributed by atoms with Crippen LogP contribution in [-0.4, -0.2) is 11.0 Å². The van der Waals surface area contributed by atoms with Gasteiger partial charge in [0.2, 0.25) is 0 Å². The van der Waals surface area contributed by atoms with E-state index in [0.29, 0.717) is 11.3 Å². The van der Waals surface area contributed by atoms with Gasteiger partial charge in [0.15, 0.2) is 0 Å². The van der Waals surface area contributed by atoms with E-state index < -0.39 is 0 Å². The number of hydrogen-bond donors (Lipinski definition) is 2. The fourth-order valence-corrected chi connectivity index (χ4v) is 2.88. The number of phenols is 1. The highest BCUT2D eigenvalue weighted by Gasteiger charge is 2.26. The maximum atomic E-state index is 12.1. The minimum Gasteiger partial charge on any atom is -0.507 e. The van der Waals surface area contributed by atoms with E-state index in [-0.39, 0.29) is 22.5 Å². The van der Waals surface area contributed by atoms with Crippen molar-refractivity contribution < 1.29 is 9.90 Å². The van der Waals surface area contributed by atoms with Gasteiger partial charge in [0.05, 0.1) is 5.69 Å². The molecule has 2 rings (SSSR count). The predicted molar refractivity (Wildman–Crippen MR) is 112 cm³/mol. The molecule has 0 aliphatic heterocycles. The average Bonchev–Trinajstić information content (AvgIpc) is 2.54. The highest BCUT2D eigenvalue weighted by atomic mass is 79.9. The van der Waals surface area contributed by atoms with Crippen molar-refractivity contribution in [2.24, 2.45) is 10.3 Å². The molecule has 27 heavy (non-hydrogen) atoms. The molecule has 0 radical (unpaired) electrons. The van der Waals surface area contributed by atoms with E-state index in [0.717, 1.165) is 15.6 Å². The summed E-state index contributed by atoms with van der Waals surface area (Å²) < 4.78 is 0.897. The van der Waals surface area contributed by atoms with Crippen molar-refractivity contribution >= 4 is 27.5 Å². The smallest absolute Gasteiger partial charge is 0.272 e. The number of nitrogens with one attached hydrogen (secondary N) is 1. The Labute approximate surface area is 169 Å². The van der Waals surface area contributed by atoms with Crippen molar-refractivity contribution in [3.63, 3.8) is 0 Å². The van der Waals surface area contributed by atoms with Gasteiger partial charge in [-0.3, -0.25) is 4.79 Å². The van der Waals surface area contributed by atoms with Gasteiger partial charge < -0.3 is 5.11 Å². The van der Waals surface area contributed by atoms with Crippen LogP contribution in [-0.2, 0) is 10.8 Å². The van der Waals surface area contributed by atoms with Gasteiger partial charge in [-0.1, -0.05) is 62.7 Å². The molecule has 0 heterocycles. The van der Waals surface area contributed by atoms with E-state index in [1.165, 1.54) is 0 Å². The summed E-state index contributed by atoms with van der Waals surface area (Å²) in [5, 5.41) is 18.7. The van der Waals surface area contributed by atoms with Crippen LogP contribution in [0.5, 0.6) is 5.75 Å². The fraction of sp³-hybridized carbons (Fsp3) is 0.381. The quantitative estimate of drug-likeness (QED) is 0.449. The summed E-state index contributed by atoms with van der Waals surface area (Å²) in [6.07, 6.45) is 0. The molecule has 0 fully saturated rings. The number of amides is 1. The summed E-state index contributed by atoms with van der Waals surface area (Å²) in [4.78, 5) is 12.1. The number of halogens is 1. The molecule has 2 N–H and O–H groups in total. The third-order valence-corrected chi connectivity index (χ3v) is 4.66. The number of phenolic OH excluding ortho intramolecular Hbond substituents is 1. The van der Waals surface area contributed by atoms with Gasteiger partial charge in [0, 0.05) is 21.2 Å². The van der Waals surface area contributed by atoms with Gasteiger partial charge in [-0.15, -0.1) is 5.11 Å². The molecule has 0 atom stereocenters.